The molecule has 0 atom stereocenters. The second kappa shape index (κ2) is 6.25. The number of aromatic amines is 1. The van der Waals surface area contributed by atoms with Gasteiger partial charge in [0.1, 0.15) is 16.5 Å². The Morgan fingerprint density at radius 1 is 1.20 bits per heavy atom. The minimum absolute atomic E-state index is 0.0229. The van der Waals surface area contributed by atoms with Crippen LogP contribution in [-0.4, -0.2) is 26.3 Å². The number of benzene rings is 2. The van der Waals surface area contributed by atoms with Crippen LogP contribution in [0.25, 0.3) is 10.8 Å². The van der Waals surface area contributed by atoms with Crippen LogP contribution in [0.5, 0.6) is 11.6 Å². The molecule has 0 aliphatic carbocycles. The van der Waals surface area contributed by atoms with Gasteiger partial charge in [-0.05, 0) is 12.1 Å². The molecular weight excluding hydrogens is 350 g/mol. The molecule has 0 spiro atoms. The predicted octanol–water partition coefficient (Wildman–Crippen LogP) is 3.25. The number of rotatable bonds is 3. The van der Waals surface area contributed by atoms with Gasteiger partial charge in [-0.25, -0.2) is 0 Å². The predicted molar refractivity (Wildman–Crippen MR) is 93.3 cm³/mol. The summed E-state index contributed by atoms with van der Waals surface area (Å²) >= 11 is 5.80. The number of pyridine rings is 1. The van der Waals surface area contributed by atoms with Gasteiger partial charge in [0.25, 0.3) is 11.2 Å². The molecule has 1 heterocycles. The van der Waals surface area contributed by atoms with E-state index in [1.807, 2.05) is 0 Å². The Kier molecular flexibility index (Phi) is 4.12. The fourth-order valence-corrected chi connectivity index (χ4v) is 2.56. The van der Waals surface area contributed by atoms with Crippen LogP contribution in [0.2, 0.25) is 5.02 Å². The summed E-state index contributed by atoms with van der Waals surface area (Å²) in [7, 11) is 0. The molecule has 3 N–H and O–H groups in total. The van der Waals surface area contributed by atoms with Gasteiger partial charge in [-0.15, -0.1) is 0 Å². The summed E-state index contributed by atoms with van der Waals surface area (Å²) in [5.74, 6) is -0.833. The van der Waals surface area contributed by atoms with Crippen molar-refractivity contribution in [3.05, 3.63) is 67.5 Å². The van der Waals surface area contributed by atoms with Crippen LogP contribution in [0.3, 0.4) is 0 Å². The van der Waals surface area contributed by atoms with Crippen molar-refractivity contribution in [3.63, 3.8) is 0 Å². The molecule has 0 saturated carbocycles. The zero-order chi connectivity index (χ0) is 18.1. The Hall–Kier alpha value is -3.39. The van der Waals surface area contributed by atoms with Crippen molar-refractivity contribution in [2.24, 2.45) is 4.99 Å². The third-order valence-electron chi connectivity index (χ3n) is 3.52. The van der Waals surface area contributed by atoms with Crippen molar-refractivity contribution >= 4 is 40.0 Å². The van der Waals surface area contributed by atoms with Crippen molar-refractivity contribution in [2.45, 2.75) is 0 Å². The summed E-state index contributed by atoms with van der Waals surface area (Å²) in [4.78, 5) is 28.2. The van der Waals surface area contributed by atoms with Crippen LogP contribution in [0.1, 0.15) is 5.56 Å². The Morgan fingerprint density at radius 3 is 2.56 bits per heavy atom. The number of hydrogen-bond donors (Lipinski definition) is 3. The van der Waals surface area contributed by atoms with Crippen LogP contribution in [0.15, 0.2) is 46.2 Å². The largest absolute Gasteiger partial charge is 0.505 e. The highest BCUT2D eigenvalue weighted by atomic mass is 35.5. The lowest BCUT2D eigenvalue weighted by molar-refractivity contribution is -0.384. The van der Waals surface area contributed by atoms with Crippen molar-refractivity contribution in [3.8, 4) is 11.6 Å². The average Bonchev–Trinajstić information content (AvgIpc) is 2.57. The molecule has 2 aromatic carbocycles. The summed E-state index contributed by atoms with van der Waals surface area (Å²) in [5.41, 5.74) is -0.698. The second-order valence-electron chi connectivity index (χ2n) is 5.07. The van der Waals surface area contributed by atoms with Gasteiger partial charge in [0.05, 0.1) is 16.6 Å². The first kappa shape index (κ1) is 16.5. The number of aromatic nitrogens is 1. The van der Waals surface area contributed by atoms with E-state index in [1.54, 1.807) is 24.3 Å². The summed E-state index contributed by atoms with van der Waals surface area (Å²) in [5, 5.41) is 31.3. The van der Waals surface area contributed by atoms with Gasteiger partial charge >= 0.3 is 0 Å². The monoisotopic (exact) mass is 359 g/mol. The number of nitro groups is 1. The van der Waals surface area contributed by atoms with E-state index in [4.69, 9.17) is 11.6 Å². The Morgan fingerprint density at radius 2 is 1.88 bits per heavy atom. The molecule has 0 radical (unpaired) electrons. The van der Waals surface area contributed by atoms with Gasteiger partial charge in [0, 0.05) is 17.0 Å². The van der Waals surface area contributed by atoms with E-state index in [2.05, 4.69) is 9.98 Å². The van der Waals surface area contributed by atoms with Crippen molar-refractivity contribution in [1.29, 1.82) is 0 Å². The van der Waals surface area contributed by atoms with Crippen LogP contribution < -0.4 is 5.56 Å². The molecule has 0 amide bonds. The maximum atomic E-state index is 11.8. The number of phenolic OH excluding ortho intramolecular Hbond substituents is 1. The molecule has 25 heavy (non-hydrogen) atoms. The number of aromatic hydroxyl groups is 2. The first-order valence-electron chi connectivity index (χ1n) is 6.93. The number of nitrogens with one attached hydrogen (secondary N) is 1. The van der Waals surface area contributed by atoms with E-state index in [0.29, 0.717) is 10.8 Å². The third kappa shape index (κ3) is 3.02. The standard InChI is InChI=1S/C16H10ClN3O5/c17-11-5-12(14(21)6-13(11)20(24)25)18-7-10-8-3-1-2-4-9(8)15(22)19-16(10)23/h1-7,21H,(H2,19,22,23). The van der Waals surface area contributed by atoms with E-state index in [-0.39, 0.29) is 22.2 Å². The molecule has 0 fully saturated rings. The maximum Gasteiger partial charge on any atom is 0.291 e. The molecule has 0 unspecified atom stereocenters. The smallest absolute Gasteiger partial charge is 0.291 e. The van der Waals surface area contributed by atoms with Gasteiger partial charge in [0.2, 0.25) is 5.88 Å². The van der Waals surface area contributed by atoms with E-state index in [9.17, 15) is 25.1 Å². The first-order valence-corrected chi connectivity index (χ1v) is 7.31. The van der Waals surface area contributed by atoms with Crippen molar-refractivity contribution < 1.29 is 15.1 Å². The lowest BCUT2D eigenvalue weighted by Crippen LogP contribution is -2.07. The first-order chi connectivity index (χ1) is 11.9. The molecule has 9 heteroatoms. The van der Waals surface area contributed by atoms with E-state index in [0.717, 1.165) is 12.1 Å². The molecule has 1 aromatic heterocycles. The van der Waals surface area contributed by atoms with E-state index in [1.165, 1.54) is 6.21 Å². The zero-order valence-corrected chi connectivity index (χ0v) is 13.2. The minimum atomic E-state index is -0.725. The second-order valence-corrected chi connectivity index (χ2v) is 5.48. The van der Waals surface area contributed by atoms with Gasteiger partial charge in [-0.1, -0.05) is 29.8 Å². The van der Waals surface area contributed by atoms with Gasteiger partial charge < -0.3 is 10.2 Å². The molecule has 0 saturated heterocycles. The summed E-state index contributed by atoms with van der Waals surface area (Å²) in [6.07, 6.45) is 1.23. The third-order valence-corrected chi connectivity index (χ3v) is 3.83. The van der Waals surface area contributed by atoms with E-state index < -0.39 is 21.9 Å². The number of fused-ring (bicyclic) bond motifs is 1. The number of H-pyrrole nitrogens is 1. The lowest BCUT2D eigenvalue weighted by Gasteiger charge is -2.05. The molecule has 0 aliphatic heterocycles. The van der Waals surface area contributed by atoms with Crippen LogP contribution in [0.4, 0.5) is 11.4 Å². The maximum absolute atomic E-state index is 11.8. The molecule has 0 aliphatic rings. The fourth-order valence-electron chi connectivity index (χ4n) is 2.33. The summed E-state index contributed by atoms with van der Waals surface area (Å²) in [6, 6.07) is 8.62. The number of nitro benzene ring substituents is 1. The zero-order valence-electron chi connectivity index (χ0n) is 12.4. The van der Waals surface area contributed by atoms with Gasteiger partial charge in [-0.3, -0.25) is 24.9 Å². The number of nitrogens with zero attached hydrogens (tertiary/aromatic N) is 2. The average molecular weight is 360 g/mol. The van der Waals surface area contributed by atoms with Crippen LogP contribution >= 0.6 is 11.6 Å². The quantitative estimate of drug-likeness (QED) is 0.375. The summed E-state index contributed by atoms with van der Waals surface area (Å²) < 4.78 is 0. The molecule has 126 valence electrons. The number of halogens is 1. The Labute approximate surface area is 144 Å². The van der Waals surface area contributed by atoms with Gasteiger partial charge in [-0.2, -0.15) is 0 Å². The highest BCUT2D eigenvalue weighted by Crippen LogP contribution is 2.36. The van der Waals surface area contributed by atoms with Crippen LogP contribution in [-0.2, 0) is 0 Å². The minimum Gasteiger partial charge on any atom is -0.505 e. The van der Waals surface area contributed by atoms with Crippen molar-refractivity contribution in [1.82, 2.24) is 4.98 Å². The molecule has 3 aromatic rings. The Bertz CT molecular complexity index is 1090. The molecule has 0 bridgehead atoms. The topological polar surface area (TPSA) is 129 Å². The highest BCUT2D eigenvalue weighted by molar-refractivity contribution is 6.33. The normalized spacial score (nSPS) is 11.2. The van der Waals surface area contributed by atoms with E-state index >= 15 is 0 Å². The van der Waals surface area contributed by atoms with Gasteiger partial charge in [0.15, 0.2) is 0 Å². The van der Waals surface area contributed by atoms with Crippen molar-refractivity contribution in [2.75, 3.05) is 0 Å². The number of phenols is 1. The SMILES string of the molecule is O=c1[nH]c(O)c(C=Nc2cc(Cl)c([N+](=O)[O-])cc2O)c2ccccc12. The number of aliphatic imine (C=N–C) groups is 1. The summed E-state index contributed by atoms with van der Waals surface area (Å²) in [6.45, 7) is 0. The lowest BCUT2D eigenvalue weighted by atomic mass is 10.1. The van der Waals surface area contributed by atoms with Crippen LogP contribution in [0, 0.1) is 10.1 Å². The number of hydrogen-bond acceptors (Lipinski definition) is 6. The Balaban J connectivity index is 2.13. The molecular formula is C16H10ClN3O5. The molecule has 3 rings (SSSR count). The fraction of sp³-hybridized carbons (Fsp3) is 0. The molecule has 8 nitrogen and oxygen atoms in total. The highest BCUT2D eigenvalue weighted by Gasteiger charge is 2.16.